The number of pyridine rings is 1. The predicted molar refractivity (Wildman–Crippen MR) is 67.0 cm³/mol. The first-order valence-electron chi connectivity index (χ1n) is 5.83. The zero-order chi connectivity index (χ0) is 14.9. The maximum Gasteiger partial charge on any atom is 0.573 e. The van der Waals surface area contributed by atoms with Gasteiger partial charge in [0.2, 0.25) is 0 Å². The number of aromatic amines is 1. The van der Waals surface area contributed by atoms with Crippen LogP contribution in [-0.2, 0) is 0 Å². The number of alkyl halides is 3. The van der Waals surface area contributed by atoms with Gasteiger partial charge in [-0.3, -0.25) is 0 Å². The van der Waals surface area contributed by atoms with E-state index >= 15 is 0 Å². The SMILES string of the molecule is CC(C)c1nc(-c2cnc(N)c(OC(F)(F)F)c2)c[nH]1. The van der Waals surface area contributed by atoms with Crippen molar-refractivity contribution < 1.29 is 17.9 Å². The Balaban J connectivity index is 2.35. The summed E-state index contributed by atoms with van der Waals surface area (Å²) >= 11 is 0. The second-order valence-corrected chi connectivity index (χ2v) is 4.48. The van der Waals surface area contributed by atoms with Gasteiger partial charge in [0.1, 0.15) is 5.82 Å². The topological polar surface area (TPSA) is 76.8 Å². The van der Waals surface area contributed by atoms with Gasteiger partial charge in [-0.25, -0.2) is 9.97 Å². The van der Waals surface area contributed by atoms with E-state index < -0.39 is 12.1 Å². The highest BCUT2D eigenvalue weighted by molar-refractivity contribution is 5.63. The highest BCUT2D eigenvalue weighted by atomic mass is 19.4. The Kier molecular flexibility index (Phi) is 3.56. The van der Waals surface area contributed by atoms with E-state index in [4.69, 9.17) is 5.73 Å². The molecule has 0 spiro atoms. The number of imidazole rings is 1. The molecular weight excluding hydrogens is 273 g/mol. The van der Waals surface area contributed by atoms with E-state index in [2.05, 4.69) is 19.7 Å². The van der Waals surface area contributed by atoms with Gasteiger partial charge < -0.3 is 15.5 Å². The van der Waals surface area contributed by atoms with Crippen LogP contribution in [0, 0.1) is 0 Å². The highest BCUT2D eigenvalue weighted by Gasteiger charge is 2.32. The third kappa shape index (κ3) is 3.19. The molecule has 2 aromatic heterocycles. The number of nitrogens with one attached hydrogen (secondary N) is 1. The Morgan fingerprint density at radius 1 is 1.35 bits per heavy atom. The van der Waals surface area contributed by atoms with E-state index in [1.54, 1.807) is 6.20 Å². The largest absolute Gasteiger partial charge is 0.573 e. The smallest absolute Gasteiger partial charge is 0.402 e. The summed E-state index contributed by atoms with van der Waals surface area (Å²) in [5.74, 6) is 0.0429. The molecule has 0 unspecified atom stereocenters. The summed E-state index contributed by atoms with van der Waals surface area (Å²) in [5.41, 5.74) is 6.23. The lowest BCUT2D eigenvalue weighted by molar-refractivity contribution is -0.274. The number of nitrogens with zero attached hydrogens (tertiary/aromatic N) is 2. The molecule has 108 valence electrons. The maximum atomic E-state index is 12.2. The van der Waals surface area contributed by atoms with Crippen LogP contribution in [0.25, 0.3) is 11.3 Å². The number of halogens is 3. The van der Waals surface area contributed by atoms with Gasteiger partial charge in [-0.05, 0) is 6.07 Å². The van der Waals surface area contributed by atoms with Crippen molar-refractivity contribution >= 4 is 5.82 Å². The Morgan fingerprint density at radius 3 is 2.60 bits per heavy atom. The monoisotopic (exact) mass is 286 g/mol. The fourth-order valence-corrected chi connectivity index (χ4v) is 1.58. The van der Waals surface area contributed by atoms with Gasteiger partial charge in [0.25, 0.3) is 0 Å². The van der Waals surface area contributed by atoms with Gasteiger partial charge in [-0.2, -0.15) is 0 Å². The molecule has 0 amide bonds. The first-order valence-corrected chi connectivity index (χ1v) is 5.83. The van der Waals surface area contributed by atoms with Crippen LogP contribution in [0.2, 0.25) is 0 Å². The molecule has 0 saturated carbocycles. The minimum Gasteiger partial charge on any atom is -0.402 e. The van der Waals surface area contributed by atoms with Crippen LogP contribution in [0.4, 0.5) is 19.0 Å². The van der Waals surface area contributed by atoms with Crippen LogP contribution in [0.15, 0.2) is 18.5 Å². The number of hydrogen-bond acceptors (Lipinski definition) is 4. The Labute approximate surface area is 113 Å². The summed E-state index contributed by atoms with van der Waals surface area (Å²) in [6, 6.07) is 1.16. The molecule has 0 saturated heterocycles. The minimum absolute atomic E-state index is 0.177. The first kappa shape index (κ1) is 14.2. The van der Waals surface area contributed by atoms with Gasteiger partial charge in [0.15, 0.2) is 11.6 Å². The van der Waals surface area contributed by atoms with E-state index in [1.165, 1.54) is 6.20 Å². The Hall–Kier alpha value is -2.25. The highest BCUT2D eigenvalue weighted by Crippen LogP contribution is 2.30. The normalized spacial score (nSPS) is 11.9. The average Bonchev–Trinajstić information content (AvgIpc) is 2.79. The summed E-state index contributed by atoms with van der Waals surface area (Å²) in [6.45, 7) is 3.89. The summed E-state index contributed by atoms with van der Waals surface area (Å²) in [6.07, 6.45) is -1.87. The van der Waals surface area contributed by atoms with Crippen molar-refractivity contribution in [3.63, 3.8) is 0 Å². The maximum absolute atomic E-state index is 12.2. The van der Waals surface area contributed by atoms with Gasteiger partial charge in [0.05, 0.1) is 5.69 Å². The van der Waals surface area contributed by atoms with Crippen LogP contribution < -0.4 is 10.5 Å². The molecule has 0 aromatic carbocycles. The fraction of sp³-hybridized carbons (Fsp3) is 0.333. The number of rotatable bonds is 3. The number of nitrogen functional groups attached to an aromatic ring is 1. The molecule has 0 radical (unpaired) electrons. The second kappa shape index (κ2) is 5.03. The van der Waals surface area contributed by atoms with E-state index in [-0.39, 0.29) is 11.7 Å². The number of hydrogen-bond donors (Lipinski definition) is 2. The fourth-order valence-electron chi connectivity index (χ4n) is 1.58. The first-order chi connectivity index (χ1) is 9.26. The molecule has 0 bridgehead atoms. The lowest BCUT2D eigenvalue weighted by atomic mass is 10.2. The summed E-state index contributed by atoms with van der Waals surface area (Å²) < 4.78 is 40.5. The summed E-state index contributed by atoms with van der Waals surface area (Å²) in [4.78, 5) is 10.9. The van der Waals surface area contributed by atoms with Crippen molar-refractivity contribution in [1.29, 1.82) is 0 Å². The van der Waals surface area contributed by atoms with Crippen LogP contribution >= 0.6 is 0 Å². The molecule has 8 heteroatoms. The van der Waals surface area contributed by atoms with E-state index in [0.29, 0.717) is 11.3 Å². The van der Waals surface area contributed by atoms with Crippen molar-refractivity contribution in [2.45, 2.75) is 26.1 Å². The number of H-pyrrole nitrogens is 1. The Bertz CT molecular complexity index is 607. The van der Waals surface area contributed by atoms with Crippen molar-refractivity contribution in [3.8, 4) is 17.0 Å². The van der Waals surface area contributed by atoms with Crippen LogP contribution in [-0.4, -0.2) is 21.3 Å². The molecule has 0 atom stereocenters. The number of ether oxygens (including phenoxy) is 1. The van der Waals surface area contributed by atoms with Crippen molar-refractivity contribution in [2.24, 2.45) is 0 Å². The van der Waals surface area contributed by atoms with E-state index in [1.807, 2.05) is 13.8 Å². The molecule has 2 heterocycles. The molecule has 5 nitrogen and oxygen atoms in total. The second-order valence-electron chi connectivity index (χ2n) is 4.48. The molecule has 0 fully saturated rings. The van der Waals surface area contributed by atoms with Crippen molar-refractivity contribution in [1.82, 2.24) is 15.0 Å². The minimum atomic E-state index is -4.82. The van der Waals surface area contributed by atoms with E-state index in [0.717, 1.165) is 11.9 Å². The van der Waals surface area contributed by atoms with Crippen LogP contribution in [0.3, 0.4) is 0 Å². The zero-order valence-corrected chi connectivity index (χ0v) is 10.8. The van der Waals surface area contributed by atoms with Crippen molar-refractivity contribution in [3.05, 3.63) is 24.3 Å². The third-order valence-electron chi connectivity index (χ3n) is 2.55. The molecule has 20 heavy (non-hydrogen) atoms. The molecular formula is C12H13F3N4O. The zero-order valence-electron chi connectivity index (χ0n) is 10.8. The van der Waals surface area contributed by atoms with Gasteiger partial charge >= 0.3 is 6.36 Å². The van der Waals surface area contributed by atoms with Crippen LogP contribution in [0.5, 0.6) is 5.75 Å². The van der Waals surface area contributed by atoms with Gasteiger partial charge in [-0.15, -0.1) is 13.2 Å². The number of anilines is 1. The van der Waals surface area contributed by atoms with Crippen molar-refractivity contribution in [2.75, 3.05) is 5.73 Å². The predicted octanol–water partition coefficient (Wildman–Crippen LogP) is 3.08. The quantitative estimate of drug-likeness (QED) is 0.909. The summed E-state index contributed by atoms with van der Waals surface area (Å²) in [5, 5.41) is 0. The lowest BCUT2D eigenvalue weighted by Gasteiger charge is -2.11. The molecule has 0 aliphatic rings. The van der Waals surface area contributed by atoms with Gasteiger partial charge in [0, 0.05) is 23.9 Å². The number of nitrogens with two attached hydrogens (primary N) is 1. The lowest BCUT2D eigenvalue weighted by Crippen LogP contribution is -2.18. The van der Waals surface area contributed by atoms with E-state index in [9.17, 15) is 13.2 Å². The molecule has 2 rings (SSSR count). The average molecular weight is 286 g/mol. The number of aromatic nitrogens is 3. The standard InChI is InChI=1S/C12H13F3N4O/c1-6(2)11-18-5-8(19-11)7-3-9(10(16)17-4-7)20-12(13,14)15/h3-6H,1-2H3,(H2,16,17)(H,18,19). The third-order valence-corrected chi connectivity index (χ3v) is 2.55. The molecule has 3 N–H and O–H groups in total. The van der Waals surface area contributed by atoms with Gasteiger partial charge in [-0.1, -0.05) is 13.8 Å². The molecule has 0 aliphatic heterocycles. The van der Waals surface area contributed by atoms with Crippen LogP contribution in [0.1, 0.15) is 25.6 Å². The molecule has 0 aliphatic carbocycles. The molecule has 2 aromatic rings. The summed E-state index contributed by atoms with van der Waals surface area (Å²) in [7, 11) is 0. The Morgan fingerprint density at radius 2 is 2.05 bits per heavy atom.